The lowest BCUT2D eigenvalue weighted by molar-refractivity contribution is 1.23. The highest BCUT2D eigenvalue weighted by Gasteiger charge is 2.05. The van der Waals surface area contributed by atoms with Crippen LogP contribution >= 0.6 is 22.9 Å². The number of para-hydroxylation sites is 1. The molecule has 0 amide bonds. The molecule has 0 fully saturated rings. The molecule has 4 heteroatoms. The van der Waals surface area contributed by atoms with Crippen molar-refractivity contribution < 1.29 is 0 Å². The van der Waals surface area contributed by atoms with Crippen LogP contribution in [0.15, 0.2) is 24.3 Å². The molecule has 1 heterocycles. The van der Waals surface area contributed by atoms with Gasteiger partial charge in [-0.1, -0.05) is 23.7 Å². The Hall–Kier alpha value is -1.06. The zero-order chi connectivity index (χ0) is 10.8. The summed E-state index contributed by atoms with van der Waals surface area (Å²) in [6.07, 6.45) is 0. The quantitative estimate of drug-likeness (QED) is 0.850. The van der Waals surface area contributed by atoms with E-state index in [2.05, 4.69) is 17.2 Å². The van der Waals surface area contributed by atoms with Crippen LogP contribution in [0.1, 0.15) is 10.6 Å². The summed E-state index contributed by atoms with van der Waals surface area (Å²) in [5.74, 6) is 0. The Morgan fingerprint density at radius 1 is 1.27 bits per heavy atom. The second kappa shape index (κ2) is 4.21. The van der Waals surface area contributed by atoms with E-state index >= 15 is 0 Å². The van der Waals surface area contributed by atoms with Gasteiger partial charge in [0.2, 0.25) is 0 Å². The number of halogens is 1. The minimum Gasteiger partial charge on any atom is -0.330 e. The second-order valence-electron chi connectivity index (χ2n) is 3.27. The van der Waals surface area contributed by atoms with Gasteiger partial charge < -0.3 is 5.32 Å². The number of nitrogens with one attached hydrogen (secondary N) is 1. The van der Waals surface area contributed by atoms with Crippen molar-refractivity contribution in [3.63, 3.8) is 0 Å². The predicted molar refractivity (Wildman–Crippen MR) is 66.3 cm³/mol. The summed E-state index contributed by atoms with van der Waals surface area (Å²) < 4.78 is 0. The molecule has 2 aromatic rings. The lowest BCUT2D eigenvalue weighted by Gasteiger charge is -2.03. The first-order valence-corrected chi connectivity index (χ1v) is 5.82. The molecule has 1 aromatic carbocycles. The van der Waals surface area contributed by atoms with Crippen LogP contribution in [0, 0.1) is 13.8 Å². The van der Waals surface area contributed by atoms with Crippen LogP contribution < -0.4 is 5.32 Å². The van der Waals surface area contributed by atoms with Gasteiger partial charge in [0.05, 0.1) is 16.4 Å². The van der Waals surface area contributed by atoms with Gasteiger partial charge in [-0.15, -0.1) is 11.3 Å². The fourth-order valence-corrected chi connectivity index (χ4v) is 2.21. The molecule has 0 unspecified atom stereocenters. The number of anilines is 2. The summed E-state index contributed by atoms with van der Waals surface area (Å²) >= 11 is 7.67. The topological polar surface area (TPSA) is 24.9 Å². The second-order valence-corrected chi connectivity index (χ2v) is 4.88. The maximum atomic E-state index is 6.04. The number of rotatable bonds is 2. The van der Waals surface area contributed by atoms with Crippen molar-refractivity contribution in [2.75, 3.05) is 5.32 Å². The highest BCUT2D eigenvalue weighted by Crippen LogP contribution is 2.28. The first-order valence-electron chi connectivity index (χ1n) is 4.62. The van der Waals surface area contributed by atoms with E-state index in [0.717, 1.165) is 16.5 Å². The van der Waals surface area contributed by atoms with Crippen molar-refractivity contribution in [3.05, 3.63) is 39.9 Å². The molecule has 1 N–H and O–H groups in total. The fourth-order valence-electron chi connectivity index (χ4n) is 1.20. The first-order chi connectivity index (χ1) is 7.16. The van der Waals surface area contributed by atoms with E-state index in [4.69, 9.17) is 11.6 Å². The van der Waals surface area contributed by atoms with Gasteiger partial charge in [0.25, 0.3) is 0 Å². The number of hydrogen-bond donors (Lipinski definition) is 1. The zero-order valence-electron chi connectivity index (χ0n) is 8.54. The third kappa shape index (κ3) is 2.30. The van der Waals surface area contributed by atoms with Gasteiger partial charge in [0.15, 0.2) is 5.13 Å². The van der Waals surface area contributed by atoms with E-state index in [9.17, 15) is 0 Å². The Labute approximate surface area is 97.9 Å². The number of nitrogens with zero attached hydrogens (tertiary/aromatic N) is 1. The van der Waals surface area contributed by atoms with E-state index in [1.807, 2.05) is 31.2 Å². The molecule has 0 saturated carbocycles. The lowest BCUT2D eigenvalue weighted by atomic mass is 10.3. The molecule has 0 saturated heterocycles. The first kappa shape index (κ1) is 10.5. The molecule has 0 aliphatic heterocycles. The van der Waals surface area contributed by atoms with Crippen molar-refractivity contribution in [3.8, 4) is 0 Å². The van der Waals surface area contributed by atoms with Crippen LogP contribution in [0.3, 0.4) is 0 Å². The van der Waals surface area contributed by atoms with Gasteiger partial charge >= 0.3 is 0 Å². The van der Waals surface area contributed by atoms with Crippen molar-refractivity contribution in [2.24, 2.45) is 0 Å². The number of thiazole rings is 1. The fraction of sp³-hybridized carbons (Fsp3) is 0.182. The van der Waals surface area contributed by atoms with Crippen LogP contribution in [0.5, 0.6) is 0 Å². The summed E-state index contributed by atoms with van der Waals surface area (Å²) in [5.41, 5.74) is 1.96. The summed E-state index contributed by atoms with van der Waals surface area (Å²) in [6, 6.07) is 7.65. The molecular formula is C11H11ClN2S. The molecule has 78 valence electrons. The average molecular weight is 239 g/mol. The summed E-state index contributed by atoms with van der Waals surface area (Å²) in [7, 11) is 0. The molecule has 2 rings (SSSR count). The molecule has 0 radical (unpaired) electrons. The van der Waals surface area contributed by atoms with Crippen LogP contribution in [-0.4, -0.2) is 4.98 Å². The molecule has 0 bridgehead atoms. The Morgan fingerprint density at radius 3 is 2.60 bits per heavy atom. The normalized spacial score (nSPS) is 10.3. The van der Waals surface area contributed by atoms with Crippen molar-refractivity contribution in [1.29, 1.82) is 0 Å². The molecule has 15 heavy (non-hydrogen) atoms. The Bertz CT molecular complexity index is 460. The molecule has 1 aromatic heterocycles. The van der Waals surface area contributed by atoms with E-state index in [1.54, 1.807) is 11.3 Å². The smallest absolute Gasteiger partial charge is 0.187 e. The predicted octanol–water partition coefficient (Wildman–Crippen LogP) is 4.16. The summed E-state index contributed by atoms with van der Waals surface area (Å²) in [5, 5.41) is 4.81. The number of aryl methyl sites for hydroxylation is 2. The van der Waals surface area contributed by atoms with Gasteiger partial charge in [-0.3, -0.25) is 0 Å². The largest absolute Gasteiger partial charge is 0.330 e. The number of aromatic nitrogens is 1. The van der Waals surface area contributed by atoms with Crippen LogP contribution in [0.4, 0.5) is 10.8 Å². The minimum atomic E-state index is 0.711. The summed E-state index contributed by atoms with van der Waals surface area (Å²) in [4.78, 5) is 5.62. The van der Waals surface area contributed by atoms with Crippen LogP contribution in [-0.2, 0) is 0 Å². The van der Waals surface area contributed by atoms with Gasteiger partial charge in [-0.2, -0.15) is 0 Å². The van der Waals surface area contributed by atoms with Crippen molar-refractivity contribution in [1.82, 2.24) is 4.98 Å². The van der Waals surface area contributed by atoms with Crippen molar-refractivity contribution >= 4 is 33.8 Å². The van der Waals surface area contributed by atoms with E-state index in [1.165, 1.54) is 4.88 Å². The highest BCUT2D eigenvalue weighted by molar-refractivity contribution is 7.15. The maximum absolute atomic E-state index is 6.04. The van der Waals surface area contributed by atoms with Gasteiger partial charge in [0, 0.05) is 4.88 Å². The van der Waals surface area contributed by atoms with Crippen molar-refractivity contribution in [2.45, 2.75) is 13.8 Å². The monoisotopic (exact) mass is 238 g/mol. The van der Waals surface area contributed by atoms with E-state index in [-0.39, 0.29) is 0 Å². The molecular weight excluding hydrogens is 228 g/mol. The zero-order valence-corrected chi connectivity index (χ0v) is 10.1. The van der Waals surface area contributed by atoms with Crippen LogP contribution in [0.25, 0.3) is 0 Å². The SMILES string of the molecule is Cc1nc(Nc2ccccc2Cl)sc1C. The Morgan fingerprint density at radius 2 is 2.00 bits per heavy atom. The standard InChI is InChI=1S/C11H11ClN2S/c1-7-8(2)15-11(13-7)14-10-6-4-3-5-9(10)12/h3-6H,1-2H3,(H,13,14). The third-order valence-corrected chi connectivity index (χ3v) is 3.46. The molecule has 0 aliphatic carbocycles. The van der Waals surface area contributed by atoms with Gasteiger partial charge in [-0.25, -0.2) is 4.98 Å². The highest BCUT2D eigenvalue weighted by atomic mass is 35.5. The number of hydrogen-bond acceptors (Lipinski definition) is 3. The van der Waals surface area contributed by atoms with E-state index < -0.39 is 0 Å². The van der Waals surface area contributed by atoms with Gasteiger partial charge in [0.1, 0.15) is 0 Å². The molecule has 0 spiro atoms. The lowest BCUT2D eigenvalue weighted by Crippen LogP contribution is -1.89. The van der Waals surface area contributed by atoms with E-state index in [0.29, 0.717) is 5.02 Å². The molecule has 0 atom stereocenters. The third-order valence-electron chi connectivity index (χ3n) is 2.14. The Balaban J connectivity index is 2.26. The van der Waals surface area contributed by atoms with Gasteiger partial charge in [-0.05, 0) is 26.0 Å². The average Bonchev–Trinajstić information content (AvgIpc) is 2.50. The minimum absolute atomic E-state index is 0.711. The van der Waals surface area contributed by atoms with Crippen LogP contribution in [0.2, 0.25) is 5.02 Å². The maximum Gasteiger partial charge on any atom is 0.187 e. The molecule has 2 nitrogen and oxygen atoms in total. The number of benzene rings is 1. The Kier molecular flexibility index (Phi) is 2.93. The molecule has 0 aliphatic rings. The summed E-state index contributed by atoms with van der Waals surface area (Å²) in [6.45, 7) is 4.06.